The Hall–Kier alpha value is -0.960. The molecule has 0 aromatic heterocycles. The molecule has 0 heterocycles. The summed E-state index contributed by atoms with van der Waals surface area (Å²) in [7, 11) is 0. The van der Waals surface area contributed by atoms with Crippen LogP contribution in [0, 0.1) is 0 Å². The molecule has 0 aliphatic carbocycles. The van der Waals surface area contributed by atoms with Crippen LogP contribution in [0.2, 0.25) is 0 Å². The summed E-state index contributed by atoms with van der Waals surface area (Å²) >= 11 is 7.00. The van der Waals surface area contributed by atoms with Gasteiger partial charge in [-0.3, -0.25) is 0 Å². The molecule has 3 heteroatoms. The predicted molar refractivity (Wildman–Crippen MR) is 159 cm³/mol. The zero-order chi connectivity index (χ0) is 22.6. The summed E-state index contributed by atoms with van der Waals surface area (Å²) in [6.45, 7) is 0. The third-order valence-corrected chi connectivity index (χ3v) is 16.6. The normalized spacial score (nSPS) is 13.1. The molecule has 0 aliphatic rings. The average Bonchev–Trinajstić information content (AvgIpc) is 2.87. The molecule has 0 radical (unpaired) electrons. The summed E-state index contributed by atoms with van der Waals surface area (Å²) in [5.74, 6) is 0. The Morgan fingerprint density at radius 3 is 1.41 bits per heavy atom. The Bertz CT molecular complexity index is 841. The van der Waals surface area contributed by atoms with Crippen LogP contribution in [0.25, 0.3) is 0 Å². The molecule has 170 valence electrons. The van der Waals surface area contributed by atoms with E-state index in [0.717, 1.165) is 6.16 Å². The predicted octanol–water partition coefficient (Wildman–Crippen LogP) is 8.55. The van der Waals surface area contributed by atoms with Crippen LogP contribution in [-0.4, -0.2) is 10.6 Å². The van der Waals surface area contributed by atoms with Gasteiger partial charge in [-0.15, -0.1) is 0 Å². The Morgan fingerprint density at radius 2 is 0.969 bits per heavy atom. The van der Waals surface area contributed by atoms with Gasteiger partial charge in [0.25, 0.3) is 0 Å². The Kier molecular flexibility index (Phi) is 10.5. The zero-order valence-corrected chi connectivity index (χ0v) is 23.5. The number of hydrogen-bond donors (Lipinski definition) is 0. The van der Waals surface area contributed by atoms with E-state index in [2.05, 4.69) is 141 Å². The molecule has 0 N–H and O–H groups in total. The number of allylic oxidation sites excluding steroid dienone is 2. The van der Waals surface area contributed by atoms with Crippen LogP contribution < -0.4 is 15.9 Å². The SMILES string of the molecule is BrP(CC=CCCCCCCCCI)(c1ccccc1)(c1ccccc1)c1ccccc1. The fourth-order valence-electron chi connectivity index (χ4n) is 4.43. The summed E-state index contributed by atoms with van der Waals surface area (Å²) in [5, 5.41) is 1.35. The fraction of sp³-hybridized carbons (Fsp3) is 0.310. The molecule has 0 aliphatic heterocycles. The van der Waals surface area contributed by atoms with Gasteiger partial charge in [-0.2, -0.15) is 0 Å². The Morgan fingerprint density at radius 1 is 0.562 bits per heavy atom. The molecular formula is C29H35BrIP. The second-order valence-electron chi connectivity index (χ2n) is 8.44. The van der Waals surface area contributed by atoms with Crippen molar-refractivity contribution in [2.75, 3.05) is 10.6 Å². The van der Waals surface area contributed by atoms with Crippen molar-refractivity contribution in [3.05, 3.63) is 103 Å². The molecule has 0 saturated carbocycles. The van der Waals surface area contributed by atoms with Crippen molar-refractivity contribution >= 4 is 59.3 Å². The first-order valence-electron chi connectivity index (χ1n) is 11.8. The maximum atomic E-state index is 4.51. The third kappa shape index (κ3) is 6.13. The van der Waals surface area contributed by atoms with E-state index in [1.807, 2.05) is 0 Å². The Labute approximate surface area is 216 Å². The molecule has 0 atom stereocenters. The van der Waals surface area contributed by atoms with Crippen LogP contribution in [-0.2, 0) is 0 Å². The first kappa shape index (κ1) is 25.7. The number of unbranched alkanes of at least 4 members (excludes halogenated alkanes) is 6. The number of rotatable bonds is 13. The van der Waals surface area contributed by atoms with Crippen LogP contribution in [0.15, 0.2) is 103 Å². The van der Waals surface area contributed by atoms with E-state index in [1.54, 1.807) is 0 Å². The van der Waals surface area contributed by atoms with Gasteiger partial charge in [0.15, 0.2) is 0 Å². The average molecular weight is 621 g/mol. The molecule has 0 nitrogen and oxygen atoms in total. The third-order valence-electron chi connectivity index (χ3n) is 6.25. The number of hydrogen-bond acceptors (Lipinski definition) is 0. The van der Waals surface area contributed by atoms with Gasteiger partial charge < -0.3 is 0 Å². The molecule has 3 aromatic rings. The minimum atomic E-state index is -2.80. The fourth-order valence-corrected chi connectivity index (χ4v) is 12.1. The van der Waals surface area contributed by atoms with Crippen LogP contribution >= 0.6 is 43.4 Å². The van der Waals surface area contributed by atoms with E-state index in [4.69, 9.17) is 0 Å². The standard InChI is InChI=1S/C29H35BrIP/c30-32(27-19-11-8-12-20-27,28-21-13-9-14-22-28,29-23-15-10-16-24-29)26-18-7-5-3-1-2-4-6-17-25-31/h7-16,18-24H,1-6,17,25-26H2. The zero-order valence-electron chi connectivity index (χ0n) is 18.9. The summed E-state index contributed by atoms with van der Waals surface area (Å²) in [5.41, 5.74) is 0. The van der Waals surface area contributed by atoms with Gasteiger partial charge in [0.2, 0.25) is 0 Å². The van der Waals surface area contributed by atoms with Crippen molar-refractivity contribution in [1.82, 2.24) is 0 Å². The van der Waals surface area contributed by atoms with Crippen molar-refractivity contribution < 1.29 is 0 Å². The molecule has 0 bridgehead atoms. The molecule has 0 spiro atoms. The minimum absolute atomic E-state index is 0.985. The van der Waals surface area contributed by atoms with Gasteiger partial charge in [-0.1, -0.05) is 0 Å². The van der Waals surface area contributed by atoms with Crippen LogP contribution in [0.3, 0.4) is 0 Å². The molecule has 0 saturated heterocycles. The van der Waals surface area contributed by atoms with E-state index < -0.39 is 5.31 Å². The Balaban J connectivity index is 1.85. The second-order valence-corrected chi connectivity index (χ2v) is 18.5. The van der Waals surface area contributed by atoms with E-state index in [1.165, 1.54) is 65.3 Å². The van der Waals surface area contributed by atoms with Crippen LogP contribution in [0.4, 0.5) is 0 Å². The van der Waals surface area contributed by atoms with Crippen molar-refractivity contribution in [3.63, 3.8) is 0 Å². The first-order chi connectivity index (χ1) is 15.7. The van der Waals surface area contributed by atoms with E-state index in [9.17, 15) is 0 Å². The molecule has 3 aromatic carbocycles. The molecule has 0 unspecified atom stereocenters. The number of halogens is 2. The van der Waals surface area contributed by atoms with Gasteiger partial charge in [-0.25, -0.2) is 0 Å². The maximum absolute atomic E-state index is 4.51. The van der Waals surface area contributed by atoms with Gasteiger partial charge in [0, 0.05) is 0 Å². The van der Waals surface area contributed by atoms with E-state index >= 15 is 0 Å². The topological polar surface area (TPSA) is 0 Å². The first-order valence-corrected chi connectivity index (χ1v) is 17.8. The van der Waals surface area contributed by atoms with E-state index in [-0.39, 0.29) is 0 Å². The molecule has 0 fully saturated rings. The molecule has 3 rings (SSSR count). The number of alkyl halides is 1. The molecule has 0 amide bonds. The van der Waals surface area contributed by atoms with E-state index in [0.29, 0.717) is 0 Å². The molecular weight excluding hydrogens is 586 g/mol. The summed E-state index contributed by atoms with van der Waals surface area (Å²) in [6, 6.07) is 33.2. The van der Waals surface area contributed by atoms with Crippen molar-refractivity contribution in [2.24, 2.45) is 0 Å². The van der Waals surface area contributed by atoms with Crippen LogP contribution in [0.5, 0.6) is 0 Å². The second kappa shape index (κ2) is 13.1. The monoisotopic (exact) mass is 620 g/mol. The summed E-state index contributed by atoms with van der Waals surface area (Å²) < 4.78 is 1.29. The number of benzene rings is 3. The summed E-state index contributed by atoms with van der Waals surface area (Å²) in [6.07, 6.45) is 15.2. The van der Waals surface area contributed by atoms with Gasteiger partial charge in [-0.05, 0) is 0 Å². The van der Waals surface area contributed by atoms with Crippen molar-refractivity contribution in [1.29, 1.82) is 0 Å². The van der Waals surface area contributed by atoms with Crippen molar-refractivity contribution in [3.8, 4) is 0 Å². The van der Waals surface area contributed by atoms with Gasteiger partial charge in [0.1, 0.15) is 0 Å². The quantitative estimate of drug-likeness (QED) is 0.0590. The van der Waals surface area contributed by atoms with Crippen molar-refractivity contribution in [2.45, 2.75) is 44.9 Å². The van der Waals surface area contributed by atoms with Gasteiger partial charge in [0.05, 0.1) is 0 Å². The molecule has 32 heavy (non-hydrogen) atoms. The van der Waals surface area contributed by atoms with Gasteiger partial charge >= 0.3 is 218 Å². The van der Waals surface area contributed by atoms with Crippen LogP contribution in [0.1, 0.15) is 44.9 Å². The summed E-state index contributed by atoms with van der Waals surface area (Å²) in [4.78, 5) is 0.